The highest BCUT2D eigenvalue weighted by Crippen LogP contribution is 2.28. The van der Waals surface area contributed by atoms with E-state index in [-0.39, 0.29) is 0 Å². The van der Waals surface area contributed by atoms with Crippen LogP contribution in [0.1, 0.15) is 27.7 Å². The van der Waals surface area contributed by atoms with Gasteiger partial charge in [0, 0.05) is 24.3 Å². The summed E-state index contributed by atoms with van der Waals surface area (Å²) in [6.45, 7) is 9.88. The number of hydrogen-bond donors (Lipinski definition) is 1. The number of anilines is 2. The maximum atomic E-state index is 5.83. The third-order valence-electron chi connectivity index (χ3n) is 2.73. The zero-order valence-corrected chi connectivity index (χ0v) is 11.5. The van der Waals surface area contributed by atoms with Crippen molar-refractivity contribution in [3.63, 3.8) is 0 Å². The SMILES string of the molecule is COc1cc(N(CC(C)C)C(C)C)ccc1N. The molecule has 1 aromatic rings. The van der Waals surface area contributed by atoms with Crippen molar-refractivity contribution in [3.8, 4) is 5.75 Å². The van der Waals surface area contributed by atoms with Gasteiger partial charge in [-0.15, -0.1) is 0 Å². The molecule has 0 aliphatic rings. The third-order valence-corrected chi connectivity index (χ3v) is 2.73. The molecule has 0 fully saturated rings. The van der Waals surface area contributed by atoms with Crippen molar-refractivity contribution in [2.24, 2.45) is 5.92 Å². The number of nitrogen functional groups attached to an aromatic ring is 1. The molecule has 3 nitrogen and oxygen atoms in total. The van der Waals surface area contributed by atoms with Crippen LogP contribution in [-0.2, 0) is 0 Å². The Labute approximate surface area is 105 Å². The Bertz CT molecular complexity index is 361. The molecule has 0 bridgehead atoms. The standard InChI is InChI=1S/C14H24N2O/c1-10(2)9-16(11(3)4)12-6-7-13(15)14(8-12)17-5/h6-8,10-11H,9,15H2,1-5H3. The molecule has 1 aromatic carbocycles. The maximum Gasteiger partial charge on any atom is 0.143 e. The van der Waals surface area contributed by atoms with Crippen molar-refractivity contribution in [2.75, 3.05) is 24.3 Å². The highest BCUT2D eigenvalue weighted by Gasteiger charge is 2.13. The number of nitrogens with two attached hydrogens (primary N) is 1. The summed E-state index contributed by atoms with van der Waals surface area (Å²) in [5.41, 5.74) is 7.69. The Balaban J connectivity index is 3.01. The van der Waals surface area contributed by atoms with Gasteiger partial charge in [-0.2, -0.15) is 0 Å². The van der Waals surface area contributed by atoms with E-state index < -0.39 is 0 Å². The fourth-order valence-corrected chi connectivity index (χ4v) is 1.89. The molecule has 3 heteroatoms. The van der Waals surface area contributed by atoms with E-state index in [2.05, 4.69) is 38.7 Å². The topological polar surface area (TPSA) is 38.5 Å². The second-order valence-corrected chi connectivity index (χ2v) is 5.07. The van der Waals surface area contributed by atoms with Crippen molar-refractivity contribution < 1.29 is 4.74 Å². The minimum Gasteiger partial charge on any atom is -0.495 e. The first-order chi connectivity index (χ1) is 7.95. The lowest BCUT2D eigenvalue weighted by molar-refractivity contribution is 0.416. The van der Waals surface area contributed by atoms with Crippen molar-refractivity contribution in [1.82, 2.24) is 0 Å². The molecule has 0 aliphatic carbocycles. The monoisotopic (exact) mass is 236 g/mol. The minimum absolute atomic E-state index is 0.464. The molecular weight excluding hydrogens is 212 g/mol. The van der Waals surface area contributed by atoms with Crippen molar-refractivity contribution >= 4 is 11.4 Å². The molecular formula is C14H24N2O. The molecule has 0 amide bonds. The molecule has 1 rings (SSSR count). The summed E-state index contributed by atoms with van der Waals surface area (Å²) in [5, 5.41) is 0. The van der Waals surface area contributed by atoms with Gasteiger partial charge in [-0.05, 0) is 31.9 Å². The highest BCUT2D eigenvalue weighted by atomic mass is 16.5. The molecule has 0 radical (unpaired) electrons. The number of rotatable bonds is 5. The Morgan fingerprint density at radius 1 is 1.24 bits per heavy atom. The average Bonchev–Trinajstić information content (AvgIpc) is 2.26. The second kappa shape index (κ2) is 5.80. The number of benzene rings is 1. The van der Waals surface area contributed by atoms with Crippen LogP contribution >= 0.6 is 0 Å². The molecule has 2 N–H and O–H groups in total. The van der Waals surface area contributed by atoms with E-state index >= 15 is 0 Å². The summed E-state index contributed by atoms with van der Waals surface area (Å²) in [6, 6.07) is 6.44. The van der Waals surface area contributed by atoms with Gasteiger partial charge in [0.2, 0.25) is 0 Å². The van der Waals surface area contributed by atoms with Crippen molar-refractivity contribution in [2.45, 2.75) is 33.7 Å². The fraction of sp³-hybridized carbons (Fsp3) is 0.571. The van der Waals surface area contributed by atoms with Crippen molar-refractivity contribution in [3.05, 3.63) is 18.2 Å². The minimum atomic E-state index is 0.464. The molecule has 0 aliphatic heterocycles. The Morgan fingerprint density at radius 3 is 2.35 bits per heavy atom. The first kappa shape index (κ1) is 13.7. The van der Waals surface area contributed by atoms with E-state index in [1.807, 2.05) is 12.1 Å². The molecule has 0 spiro atoms. The summed E-state index contributed by atoms with van der Waals surface area (Å²) in [7, 11) is 1.65. The van der Waals surface area contributed by atoms with E-state index in [1.54, 1.807) is 7.11 Å². The van der Waals surface area contributed by atoms with Gasteiger partial charge in [0.05, 0.1) is 12.8 Å². The van der Waals surface area contributed by atoms with Crippen LogP contribution in [0.4, 0.5) is 11.4 Å². The van der Waals surface area contributed by atoms with Crippen LogP contribution in [0.3, 0.4) is 0 Å². The molecule has 0 unspecified atom stereocenters. The lowest BCUT2D eigenvalue weighted by Crippen LogP contribution is -2.34. The highest BCUT2D eigenvalue weighted by molar-refractivity contribution is 5.62. The van der Waals surface area contributed by atoms with Crippen LogP contribution in [0.5, 0.6) is 5.75 Å². The van der Waals surface area contributed by atoms with Gasteiger partial charge < -0.3 is 15.4 Å². The summed E-state index contributed by atoms with van der Waals surface area (Å²) >= 11 is 0. The van der Waals surface area contributed by atoms with Crippen LogP contribution in [0.15, 0.2) is 18.2 Å². The second-order valence-electron chi connectivity index (χ2n) is 5.07. The van der Waals surface area contributed by atoms with E-state index in [0.717, 1.165) is 12.3 Å². The predicted molar refractivity (Wildman–Crippen MR) is 74.7 cm³/mol. The molecule has 0 heterocycles. The number of hydrogen-bond acceptors (Lipinski definition) is 3. The molecule has 0 saturated heterocycles. The van der Waals surface area contributed by atoms with E-state index in [4.69, 9.17) is 10.5 Å². The van der Waals surface area contributed by atoms with Gasteiger partial charge in [-0.25, -0.2) is 0 Å². The van der Waals surface area contributed by atoms with Crippen molar-refractivity contribution in [1.29, 1.82) is 0 Å². The number of nitrogens with zero attached hydrogens (tertiary/aromatic N) is 1. The molecule has 17 heavy (non-hydrogen) atoms. The van der Waals surface area contributed by atoms with E-state index in [9.17, 15) is 0 Å². The normalized spacial score (nSPS) is 11.0. The molecule has 96 valence electrons. The Hall–Kier alpha value is -1.38. The average molecular weight is 236 g/mol. The Morgan fingerprint density at radius 2 is 1.88 bits per heavy atom. The zero-order valence-electron chi connectivity index (χ0n) is 11.5. The first-order valence-electron chi connectivity index (χ1n) is 6.15. The summed E-state index contributed by atoms with van der Waals surface area (Å²) < 4.78 is 5.27. The maximum absolute atomic E-state index is 5.83. The van der Waals surface area contributed by atoms with Crippen LogP contribution in [-0.4, -0.2) is 19.7 Å². The molecule has 0 aromatic heterocycles. The van der Waals surface area contributed by atoms with Crippen LogP contribution in [0, 0.1) is 5.92 Å². The smallest absolute Gasteiger partial charge is 0.143 e. The summed E-state index contributed by atoms with van der Waals surface area (Å²) in [6.07, 6.45) is 0. The van der Waals surface area contributed by atoms with Gasteiger partial charge >= 0.3 is 0 Å². The van der Waals surface area contributed by atoms with Gasteiger partial charge in [-0.1, -0.05) is 13.8 Å². The number of ether oxygens (including phenoxy) is 1. The zero-order chi connectivity index (χ0) is 13.0. The summed E-state index contributed by atoms with van der Waals surface area (Å²) in [5.74, 6) is 1.37. The largest absolute Gasteiger partial charge is 0.495 e. The predicted octanol–water partition coefficient (Wildman–Crippen LogP) is 3.15. The Kier molecular flexibility index (Phi) is 4.67. The van der Waals surface area contributed by atoms with Gasteiger partial charge in [-0.3, -0.25) is 0 Å². The fourth-order valence-electron chi connectivity index (χ4n) is 1.89. The van der Waals surface area contributed by atoms with E-state index in [0.29, 0.717) is 17.6 Å². The number of methoxy groups -OCH3 is 1. The van der Waals surface area contributed by atoms with E-state index in [1.165, 1.54) is 5.69 Å². The first-order valence-corrected chi connectivity index (χ1v) is 6.15. The van der Waals surface area contributed by atoms with Gasteiger partial charge in [0.1, 0.15) is 5.75 Å². The molecule has 0 saturated carbocycles. The summed E-state index contributed by atoms with van der Waals surface area (Å²) in [4.78, 5) is 2.37. The van der Waals surface area contributed by atoms with Crippen LogP contribution in [0.2, 0.25) is 0 Å². The van der Waals surface area contributed by atoms with Crippen LogP contribution in [0.25, 0.3) is 0 Å². The lowest BCUT2D eigenvalue weighted by atomic mass is 10.1. The molecule has 0 atom stereocenters. The third kappa shape index (κ3) is 3.55. The van der Waals surface area contributed by atoms with Gasteiger partial charge in [0.25, 0.3) is 0 Å². The van der Waals surface area contributed by atoms with Gasteiger partial charge in [0.15, 0.2) is 0 Å². The quantitative estimate of drug-likeness (QED) is 0.798. The van der Waals surface area contributed by atoms with Crippen LogP contribution < -0.4 is 15.4 Å². The lowest BCUT2D eigenvalue weighted by Gasteiger charge is -2.31.